The molecule has 0 bridgehead atoms. The second-order valence-electron chi connectivity index (χ2n) is 4.61. The van der Waals surface area contributed by atoms with Crippen LogP contribution in [-0.2, 0) is 18.3 Å². The first-order chi connectivity index (χ1) is 9.46. The highest BCUT2D eigenvalue weighted by molar-refractivity contribution is 7.88. The third kappa shape index (κ3) is 5.60. The molecule has 0 aliphatic rings. The Morgan fingerprint density at radius 2 is 0.955 bits per heavy atom. The largest absolute Gasteiger partial charge is 0.356 e. The fraction of sp³-hybridized carbons (Fsp3) is 1.00. The molecule has 0 amide bonds. The highest BCUT2D eigenvalue weighted by Crippen LogP contribution is 2.84. The van der Waals surface area contributed by atoms with Gasteiger partial charge in [-0.25, -0.2) is 0 Å². The van der Waals surface area contributed by atoms with Crippen LogP contribution < -0.4 is 0 Å². The van der Waals surface area contributed by atoms with Crippen LogP contribution in [0.4, 0.5) is 0 Å². The summed E-state index contributed by atoms with van der Waals surface area (Å²) < 4.78 is 40.8. The molecular formula is C6H18O12P4. The Kier molecular flexibility index (Phi) is 7.43. The molecule has 0 aliphatic carbocycles. The van der Waals surface area contributed by atoms with Crippen molar-refractivity contribution in [1.82, 2.24) is 0 Å². The molecule has 0 saturated carbocycles. The van der Waals surface area contributed by atoms with E-state index in [9.17, 15) is 18.3 Å². The van der Waals surface area contributed by atoms with Gasteiger partial charge in [0, 0.05) is 6.16 Å². The number of hydrogen-bond acceptors (Lipinski definition) is 4. The summed E-state index contributed by atoms with van der Waals surface area (Å²) in [6, 6.07) is 0. The maximum absolute atomic E-state index is 11.4. The average molecular weight is 406 g/mol. The zero-order chi connectivity index (χ0) is 18.0. The van der Waals surface area contributed by atoms with Gasteiger partial charge in [0.25, 0.3) is 4.64 Å². The van der Waals surface area contributed by atoms with Crippen LogP contribution in [0.25, 0.3) is 0 Å². The van der Waals surface area contributed by atoms with Crippen LogP contribution in [0.3, 0.4) is 0 Å². The van der Waals surface area contributed by atoms with Gasteiger partial charge in [0.2, 0.25) is 0 Å². The Morgan fingerprint density at radius 3 is 1.23 bits per heavy atom. The highest BCUT2D eigenvalue weighted by Gasteiger charge is 2.70. The van der Waals surface area contributed by atoms with E-state index in [-0.39, 0.29) is 12.8 Å². The Morgan fingerprint density at radius 1 is 0.591 bits per heavy atom. The van der Waals surface area contributed by atoms with Gasteiger partial charge in [0.15, 0.2) is 0 Å². The van der Waals surface area contributed by atoms with Gasteiger partial charge < -0.3 is 39.1 Å². The maximum atomic E-state index is 11.4. The third-order valence-electron chi connectivity index (χ3n) is 2.86. The van der Waals surface area contributed by atoms with Gasteiger partial charge in [0.05, 0.1) is 0 Å². The SMILES string of the molecule is O=P(O)(O)CCCCCC(P(=O)(O)O)(P(=O)(O)O)P(=O)(O)O. The third-order valence-corrected chi connectivity index (χ3v) is 11.9. The Labute approximate surface area is 125 Å². The van der Waals surface area contributed by atoms with Crippen LogP contribution in [0.1, 0.15) is 25.7 Å². The van der Waals surface area contributed by atoms with Crippen LogP contribution in [0, 0.1) is 0 Å². The van der Waals surface area contributed by atoms with Crippen molar-refractivity contribution in [1.29, 1.82) is 0 Å². The zero-order valence-corrected chi connectivity index (χ0v) is 14.6. The molecule has 0 heterocycles. The zero-order valence-electron chi connectivity index (χ0n) is 11.0. The van der Waals surface area contributed by atoms with Crippen molar-refractivity contribution >= 4 is 30.4 Å². The first kappa shape index (κ1) is 22.6. The lowest BCUT2D eigenvalue weighted by atomic mass is 10.2. The minimum absolute atomic E-state index is 0.146. The number of unbranched alkanes of at least 4 members (excludes halogenated alkanes) is 2. The van der Waals surface area contributed by atoms with Crippen LogP contribution in [0.5, 0.6) is 0 Å². The van der Waals surface area contributed by atoms with E-state index in [2.05, 4.69) is 0 Å². The predicted molar refractivity (Wildman–Crippen MR) is 74.2 cm³/mol. The van der Waals surface area contributed by atoms with Crippen molar-refractivity contribution in [2.45, 2.75) is 30.3 Å². The molecule has 0 fully saturated rings. The molecule has 22 heavy (non-hydrogen) atoms. The summed E-state index contributed by atoms with van der Waals surface area (Å²) in [5.74, 6) is 0. The van der Waals surface area contributed by atoms with Gasteiger partial charge >= 0.3 is 30.4 Å². The highest BCUT2D eigenvalue weighted by atomic mass is 31.3. The van der Waals surface area contributed by atoms with Crippen molar-refractivity contribution < 1.29 is 57.4 Å². The first-order valence-corrected chi connectivity index (χ1v) is 12.3. The lowest BCUT2D eigenvalue weighted by Gasteiger charge is -2.34. The predicted octanol–water partition coefficient (Wildman–Crippen LogP) is -0.0886. The molecule has 0 aliphatic heterocycles. The van der Waals surface area contributed by atoms with E-state index in [4.69, 9.17) is 39.1 Å². The van der Waals surface area contributed by atoms with E-state index in [0.29, 0.717) is 0 Å². The van der Waals surface area contributed by atoms with Crippen molar-refractivity contribution in [2.75, 3.05) is 6.16 Å². The fourth-order valence-electron chi connectivity index (χ4n) is 1.80. The minimum atomic E-state index is -5.91. The van der Waals surface area contributed by atoms with Gasteiger partial charge in [0.1, 0.15) is 0 Å². The minimum Gasteiger partial charge on any atom is -0.324 e. The summed E-state index contributed by atoms with van der Waals surface area (Å²) in [5.41, 5.74) is 0. The van der Waals surface area contributed by atoms with Gasteiger partial charge in [-0.1, -0.05) is 12.8 Å². The first-order valence-electron chi connectivity index (χ1n) is 5.67. The van der Waals surface area contributed by atoms with Crippen LogP contribution in [0.15, 0.2) is 0 Å². The smallest absolute Gasteiger partial charge is 0.324 e. The normalized spacial score (nSPS) is 15.1. The van der Waals surface area contributed by atoms with Crippen LogP contribution in [0.2, 0.25) is 0 Å². The summed E-state index contributed by atoms with van der Waals surface area (Å²) in [5, 5.41) is 0. The van der Waals surface area contributed by atoms with E-state index in [1.165, 1.54) is 0 Å². The van der Waals surface area contributed by atoms with E-state index in [1.54, 1.807) is 0 Å². The molecule has 0 rings (SSSR count). The summed E-state index contributed by atoms with van der Waals surface area (Å²) in [7, 11) is -22.0. The summed E-state index contributed by atoms with van der Waals surface area (Å²) in [6.45, 7) is 0. The van der Waals surface area contributed by atoms with Crippen molar-refractivity contribution in [2.24, 2.45) is 0 Å². The molecule has 0 aromatic rings. The topological polar surface area (TPSA) is 230 Å². The quantitative estimate of drug-likeness (QED) is 0.185. The molecule has 0 spiro atoms. The lowest BCUT2D eigenvalue weighted by molar-refractivity contribution is 0.293. The Bertz CT molecular complexity index is 505. The number of rotatable bonds is 9. The lowest BCUT2D eigenvalue weighted by Crippen LogP contribution is -2.29. The molecule has 0 unspecified atom stereocenters. The van der Waals surface area contributed by atoms with Gasteiger partial charge in [-0.05, 0) is 12.8 Å². The molecule has 0 saturated heterocycles. The molecule has 16 heteroatoms. The average Bonchev–Trinajstić information content (AvgIpc) is 2.15. The van der Waals surface area contributed by atoms with Crippen molar-refractivity contribution in [3.8, 4) is 0 Å². The van der Waals surface area contributed by atoms with E-state index >= 15 is 0 Å². The Balaban J connectivity index is 5.32. The van der Waals surface area contributed by atoms with E-state index in [0.717, 1.165) is 0 Å². The van der Waals surface area contributed by atoms with Gasteiger partial charge in [-0.3, -0.25) is 18.3 Å². The number of hydrogen-bond donors (Lipinski definition) is 8. The molecular weight excluding hydrogens is 388 g/mol. The molecule has 0 atom stereocenters. The summed E-state index contributed by atoms with van der Waals surface area (Å²) in [6.07, 6.45) is -2.52. The molecule has 134 valence electrons. The standard InChI is InChI=1S/C6H18O12P4/c7-19(8,9)5-3-1-2-4-6(20(10,11)12,21(13,14)15)22(16,17)18/h1-5H2,(H2,7,8,9)(H2,10,11,12)(H2,13,14,15)(H2,16,17,18). The van der Waals surface area contributed by atoms with Gasteiger partial charge in [-0.15, -0.1) is 0 Å². The second kappa shape index (κ2) is 7.23. The molecule has 8 N–H and O–H groups in total. The van der Waals surface area contributed by atoms with E-state index in [1.807, 2.05) is 0 Å². The molecule has 12 nitrogen and oxygen atoms in total. The van der Waals surface area contributed by atoms with Crippen LogP contribution >= 0.6 is 30.4 Å². The van der Waals surface area contributed by atoms with Crippen LogP contribution in [-0.4, -0.2) is 49.9 Å². The second-order valence-corrected chi connectivity index (χ2v) is 13.0. The molecule has 0 aromatic heterocycles. The van der Waals surface area contributed by atoms with Crippen molar-refractivity contribution in [3.05, 3.63) is 0 Å². The van der Waals surface area contributed by atoms with Crippen molar-refractivity contribution in [3.63, 3.8) is 0 Å². The monoisotopic (exact) mass is 406 g/mol. The maximum Gasteiger partial charge on any atom is 0.356 e. The fourth-order valence-corrected chi connectivity index (χ4v) is 7.86. The summed E-state index contributed by atoms with van der Waals surface area (Å²) in [4.78, 5) is 71.7. The van der Waals surface area contributed by atoms with Gasteiger partial charge in [-0.2, -0.15) is 0 Å². The Hall–Kier alpha value is 0.600. The molecule has 0 aromatic carbocycles. The molecule has 0 radical (unpaired) electrons. The van der Waals surface area contributed by atoms with E-state index < -0.39 is 54.0 Å². The summed E-state index contributed by atoms with van der Waals surface area (Å²) >= 11 is 0.